The molecule has 0 fully saturated rings. The molecule has 1 aromatic rings. The van der Waals surface area contributed by atoms with Gasteiger partial charge in [-0.1, -0.05) is 18.2 Å². The van der Waals surface area contributed by atoms with Gasteiger partial charge in [0.15, 0.2) is 0 Å². The average Bonchev–Trinajstić information content (AvgIpc) is 2.27. The summed E-state index contributed by atoms with van der Waals surface area (Å²) in [6.45, 7) is 1.67. The van der Waals surface area contributed by atoms with Crippen molar-refractivity contribution in [1.29, 1.82) is 0 Å². The van der Waals surface area contributed by atoms with E-state index in [1.54, 1.807) is 6.92 Å². The maximum absolute atomic E-state index is 12.9. The van der Waals surface area contributed by atoms with Gasteiger partial charge in [-0.2, -0.15) is 13.2 Å². The number of carboxylic acids is 1. The van der Waals surface area contributed by atoms with Crippen molar-refractivity contribution in [2.24, 2.45) is 5.73 Å². The Morgan fingerprint density at radius 3 is 2.39 bits per heavy atom. The van der Waals surface area contributed by atoms with Crippen LogP contribution in [0.3, 0.4) is 0 Å². The molecule has 0 aliphatic carbocycles. The van der Waals surface area contributed by atoms with E-state index in [4.69, 9.17) is 15.6 Å². The summed E-state index contributed by atoms with van der Waals surface area (Å²) in [5.74, 6) is -2.37. The number of carbonyl (C=O) groups is 1. The fourth-order valence-corrected chi connectivity index (χ4v) is 1.46. The molecule has 0 spiro atoms. The van der Waals surface area contributed by atoms with Crippen molar-refractivity contribution >= 4 is 5.97 Å². The van der Waals surface area contributed by atoms with Crippen LogP contribution in [0.4, 0.5) is 13.2 Å². The number of alkyl halides is 3. The molecule has 100 valence electrons. The lowest BCUT2D eigenvalue weighted by molar-refractivity contribution is -0.205. The van der Waals surface area contributed by atoms with E-state index in [1.807, 2.05) is 0 Å². The normalized spacial score (nSPS) is 14.9. The summed E-state index contributed by atoms with van der Waals surface area (Å²) in [4.78, 5) is 10.9. The summed E-state index contributed by atoms with van der Waals surface area (Å²) in [5, 5.41) is 8.81. The first-order valence-electron chi connectivity index (χ1n) is 5.06. The average molecular weight is 263 g/mol. The van der Waals surface area contributed by atoms with Gasteiger partial charge < -0.3 is 15.6 Å². The summed E-state index contributed by atoms with van der Waals surface area (Å²) in [5.41, 5.74) is 0.960. The number of aliphatic carboxylic acids is 1. The molecule has 1 rings (SSSR count). The zero-order chi connectivity index (χ0) is 14.0. The van der Waals surface area contributed by atoms with Crippen LogP contribution in [0.25, 0.3) is 0 Å². The summed E-state index contributed by atoms with van der Waals surface area (Å²) < 4.78 is 43.7. The maximum atomic E-state index is 12.9. The van der Waals surface area contributed by atoms with Crippen LogP contribution in [0.15, 0.2) is 24.3 Å². The highest BCUT2D eigenvalue weighted by molar-refractivity contribution is 5.82. The quantitative estimate of drug-likeness (QED) is 0.870. The number of para-hydroxylation sites is 1. The first kappa shape index (κ1) is 14.3. The predicted molar refractivity (Wildman–Crippen MR) is 57.2 cm³/mol. The van der Waals surface area contributed by atoms with Gasteiger partial charge in [0.1, 0.15) is 5.75 Å². The van der Waals surface area contributed by atoms with Crippen LogP contribution >= 0.6 is 0 Å². The van der Waals surface area contributed by atoms with Crippen LogP contribution in [0.2, 0.25) is 0 Å². The van der Waals surface area contributed by atoms with E-state index in [0.29, 0.717) is 0 Å². The van der Waals surface area contributed by atoms with E-state index in [-0.39, 0.29) is 12.4 Å². The van der Waals surface area contributed by atoms with Gasteiger partial charge in [0.25, 0.3) is 0 Å². The van der Waals surface area contributed by atoms with Crippen molar-refractivity contribution in [2.75, 3.05) is 6.61 Å². The number of benzene rings is 1. The Bertz CT molecular complexity index is 447. The minimum Gasteiger partial charge on any atom is -0.494 e. The van der Waals surface area contributed by atoms with Crippen LogP contribution in [0.5, 0.6) is 5.75 Å². The van der Waals surface area contributed by atoms with Crippen LogP contribution in [0.1, 0.15) is 12.5 Å². The van der Waals surface area contributed by atoms with Crippen LogP contribution < -0.4 is 10.5 Å². The van der Waals surface area contributed by atoms with Crippen LogP contribution in [-0.4, -0.2) is 23.9 Å². The summed E-state index contributed by atoms with van der Waals surface area (Å²) >= 11 is 0. The first-order chi connectivity index (χ1) is 8.25. The predicted octanol–water partition coefficient (Wildman–Crippen LogP) is 1.89. The molecule has 3 N–H and O–H groups in total. The molecule has 0 radical (unpaired) electrons. The van der Waals surface area contributed by atoms with E-state index in [2.05, 4.69) is 0 Å². The fraction of sp³-hybridized carbons (Fsp3) is 0.364. The molecule has 0 aliphatic heterocycles. The third-order valence-corrected chi connectivity index (χ3v) is 2.40. The van der Waals surface area contributed by atoms with Crippen molar-refractivity contribution in [3.05, 3.63) is 29.8 Å². The van der Waals surface area contributed by atoms with Gasteiger partial charge in [0, 0.05) is 5.56 Å². The van der Waals surface area contributed by atoms with E-state index in [9.17, 15) is 18.0 Å². The van der Waals surface area contributed by atoms with Gasteiger partial charge in [-0.3, -0.25) is 0 Å². The molecule has 0 aliphatic rings. The molecule has 0 heterocycles. The monoisotopic (exact) mass is 263 g/mol. The van der Waals surface area contributed by atoms with E-state index in [1.165, 1.54) is 18.2 Å². The minimum absolute atomic E-state index is 0.102. The molecule has 0 unspecified atom stereocenters. The molecule has 18 heavy (non-hydrogen) atoms. The van der Waals surface area contributed by atoms with Gasteiger partial charge in [-0.15, -0.1) is 0 Å². The molecule has 0 saturated carbocycles. The number of hydrogen-bond acceptors (Lipinski definition) is 3. The van der Waals surface area contributed by atoms with Crippen molar-refractivity contribution in [2.45, 2.75) is 18.6 Å². The number of rotatable bonds is 4. The second-order valence-corrected chi connectivity index (χ2v) is 3.54. The zero-order valence-electron chi connectivity index (χ0n) is 9.49. The summed E-state index contributed by atoms with van der Waals surface area (Å²) in [6, 6.07) is 4.95. The molecule has 1 aromatic carbocycles. The SMILES string of the molecule is CCOc1ccccc1[C@@](N)(C(=O)O)C(F)(F)F. The second kappa shape index (κ2) is 4.85. The summed E-state index contributed by atoms with van der Waals surface area (Å²) in [6.07, 6.45) is -5.13. The number of ether oxygens (including phenoxy) is 1. The molecule has 0 saturated heterocycles. The lowest BCUT2D eigenvalue weighted by Gasteiger charge is -2.29. The fourth-order valence-electron chi connectivity index (χ4n) is 1.46. The number of hydrogen-bond donors (Lipinski definition) is 2. The van der Waals surface area contributed by atoms with Gasteiger partial charge >= 0.3 is 12.1 Å². The number of carboxylic acid groups (broad SMARTS) is 1. The van der Waals surface area contributed by atoms with E-state index >= 15 is 0 Å². The lowest BCUT2D eigenvalue weighted by atomic mass is 9.89. The Labute approximate surface area is 101 Å². The van der Waals surface area contributed by atoms with Crippen molar-refractivity contribution in [3.8, 4) is 5.75 Å². The lowest BCUT2D eigenvalue weighted by Crippen LogP contribution is -2.56. The van der Waals surface area contributed by atoms with Gasteiger partial charge in [-0.25, -0.2) is 4.79 Å². The Kier molecular flexibility index (Phi) is 3.85. The van der Waals surface area contributed by atoms with Crippen molar-refractivity contribution in [3.63, 3.8) is 0 Å². The first-order valence-corrected chi connectivity index (χ1v) is 5.06. The molecular formula is C11H12F3NO3. The van der Waals surface area contributed by atoms with Crippen LogP contribution in [0, 0.1) is 0 Å². The highest BCUT2D eigenvalue weighted by Crippen LogP contribution is 2.40. The van der Waals surface area contributed by atoms with Gasteiger partial charge in [0.05, 0.1) is 6.61 Å². The summed E-state index contributed by atoms with van der Waals surface area (Å²) in [7, 11) is 0. The minimum atomic E-state index is -5.13. The van der Waals surface area contributed by atoms with Crippen molar-refractivity contribution in [1.82, 2.24) is 0 Å². The van der Waals surface area contributed by atoms with Gasteiger partial charge in [-0.05, 0) is 13.0 Å². The maximum Gasteiger partial charge on any atom is 0.421 e. The van der Waals surface area contributed by atoms with Crippen molar-refractivity contribution < 1.29 is 27.8 Å². The van der Waals surface area contributed by atoms with Gasteiger partial charge in [0.2, 0.25) is 5.54 Å². The largest absolute Gasteiger partial charge is 0.494 e. The Hall–Kier alpha value is -1.76. The molecule has 0 bridgehead atoms. The van der Waals surface area contributed by atoms with Crippen LogP contribution in [-0.2, 0) is 10.3 Å². The van der Waals surface area contributed by atoms with E-state index < -0.39 is 23.2 Å². The third kappa shape index (κ3) is 2.26. The van der Waals surface area contributed by atoms with E-state index in [0.717, 1.165) is 6.07 Å². The molecule has 0 amide bonds. The highest BCUT2D eigenvalue weighted by Gasteiger charge is 2.60. The molecule has 7 heteroatoms. The zero-order valence-corrected chi connectivity index (χ0v) is 9.49. The molecule has 1 atom stereocenters. The smallest absolute Gasteiger partial charge is 0.421 e. The standard InChI is InChI=1S/C11H12F3NO3/c1-2-18-8-6-4-3-5-7(8)10(15,9(16)17)11(12,13)14/h3-6H,2,15H2,1H3,(H,16,17)/t10-/m1/s1. The third-order valence-electron chi connectivity index (χ3n) is 2.40. The number of nitrogens with two attached hydrogens (primary N) is 1. The molecule has 0 aromatic heterocycles. The Balaban J connectivity index is 3.45. The molecular weight excluding hydrogens is 251 g/mol. The molecule has 4 nitrogen and oxygen atoms in total. The Morgan fingerprint density at radius 2 is 1.94 bits per heavy atom. The second-order valence-electron chi connectivity index (χ2n) is 3.54. The number of halogens is 3. The highest BCUT2D eigenvalue weighted by atomic mass is 19.4. The Morgan fingerprint density at radius 1 is 1.39 bits per heavy atom. The topological polar surface area (TPSA) is 72.5 Å².